The lowest BCUT2D eigenvalue weighted by molar-refractivity contribution is -0.130. The third-order valence-corrected chi connectivity index (χ3v) is 4.64. The van der Waals surface area contributed by atoms with E-state index in [1.807, 2.05) is 37.3 Å². The van der Waals surface area contributed by atoms with Crippen molar-refractivity contribution in [2.24, 2.45) is 0 Å². The highest BCUT2D eigenvalue weighted by molar-refractivity contribution is 6.30. The molecular formula is C21H22ClN3O3. The molecular weight excluding hydrogens is 378 g/mol. The molecule has 3 aromatic rings. The normalized spacial score (nSPS) is 10.7. The summed E-state index contributed by atoms with van der Waals surface area (Å²) in [5.74, 6) is 1.68. The van der Waals surface area contributed by atoms with Crippen molar-refractivity contribution in [1.29, 1.82) is 0 Å². The molecule has 0 aliphatic rings. The second kappa shape index (κ2) is 8.89. The molecule has 1 heterocycles. The van der Waals surface area contributed by atoms with Crippen molar-refractivity contribution in [2.75, 3.05) is 14.2 Å². The fourth-order valence-electron chi connectivity index (χ4n) is 2.85. The predicted octanol–water partition coefficient (Wildman–Crippen LogP) is 4.30. The summed E-state index contributed by atoms with van der Waals surface area (Å²) in [5.41, 5.74) is 2.91. The minimum atomic E-state index is -0.00481. The zero-order chi connectivity index (χ0) is 20.1. The number of hydrogen-bond donors (Lipinski definition) is 0. The maximum absolute atomic E-state index is 12.5. The average molecular weight is 400 g/mol. The van der Waals surface area contributed by atoms with E-state index in [2.05, 4.69) is 10.1 Å². The fraction of sp³-hybridized carbons (Fsp3) is 0.286. The molecule has 0 unspecified atom stereocenters. The summed E-state index contributed by atoms with van der Waals surface area (Å²) in [6.07, 6.45) is 0.668. The maximum atomic E-state index is 12.5. The number of carbonyl (C=O) groups is 1. The van der Waals surface area contributed by atoms with Gasteiger partial charge in [-0.3, -0.25) is 4.79 Å². The van der Waals surface area contributed by atoms with E-state index in [9.17, 15) is 4.79 Å². The van der Waals surface area contributed by atoms with Crippen LogP contribution in [0.3, 0.4) is 0 Å². The quantitative estimate of drug-likeness (QED) is 0.592. The SMILES string of the molecule is COc1ccc(C)cc1CN(C)C(=O)CCc1nc(-c2ccc(Cl)cc2)no1. The summed E-state index contributed by atoms with van der Waals surface area (Å²) in [4.78, 5) is 18.5. The summed E-state index contributed by atoms with van der Waals surface area (Å²) >= 11 is 5.89. The first-order valence-corrected chi connectivity index (χ1v) is 9.30. The summed E-state index contributed by atoms with van der Waals surface area (Å²) in [6.45, 7) is 2.49. The van der Waals surface area contributed by atoms with Crippen LogP contribution in [0.5, 0.6) is 5.75 Å². The minimum Gasteiger partial charge on any atom is -0.496 e. The molecule has 3 rings (SSSR count). The second-order valence-electron chi connectivity index (χ2n) is 6.58. The van der Waals surface area contributed by atoms with Gasteiger partial charge in [0.2, 0.25) is 17.6 Å². The Morgan fingerprint density at radius 2 is 1.96 bits per heavy atom. The summed E-state index contributed by atoms with van der Waals surface area (Å²) < 4.78 is 10.6. The first-order chi connectivity index (χ1) is 13.5. The smallest absolute Gasteiger partial charge is 0.227 e. The number of rotatable bonds is 7. The Kier molecular flexibility index (Phi) is 6.31. The molecule has 1 amide bonds. The van der Waals surface area contributed by atoms with E-state index in [1.165, 1.54) is 0 Å². The Bertz CT molecular complexity index is 954. The third kappa shape index (κ3) is 4.89. The highest BCUT2D eigenvalue weighted by Crippen LogP contribution is 2.22. The highest BCUT2D eigenvalue weighted by Gasteiger charge is 2.15. The molecule has 0 atom stereocenters. The molecule has 0 spiro atoms. The monoisotopic (exact) mass is 399 g/mol. The van der Waals surface area contributed by atoms with E-state index in [0.717, 1.165) is 22.4 Å². The number of carbonyl (C=O) groups excluding carboxylic acids is 1. The van der Waals surface area contributed by atoms with Crippen LogP contribution < -0.4 is 4.74 Å². The lowest BCUT2D eigenvalue weighted by Gasteiger charge is -2.19. The number of hydrogen-bond acceptors (Lipinski definition) is 5. The van der Waals surface area contributed by atoms with E-state index in [0.29, 0.717) is 29.7 Å². The Hall–Kier alpha value is -2.86. The van der Waals surface area contributed by atoms with Crippen LogP contribution >= 0.6 is 11.6 Å². The van der Waals surface area contributed by atoms with Gasteiger partial charge >= 0.3 is 0 Å². The van der Waals surface area contributed by atoms with Gasteiger partial charge in [0.25, 0.3) is 0 Å². The number of amides is 1. The van der Waals surface area contributed by atoms with Crippen molar-refractivity contribution in [1.82, 2.24) is 15.0 Å². The van der Waals surface area contributed by atoms with Crippen LogP contribution in [0.1, 0.15) is 23.4 Å². The van der Waals surface area contributed by atoms with Gasteiger partial charge in [0.05, 0.1) is 7.11 Å². The van der Waals surface area contributed by atoms with Gasteiger partial charge in [-0.05, 0) is 37.3 Å². The largest absolute Gasteiger partial charge is 0.496 e. The van der Waals surface area contributed by atoms with Gasteiger partial charge in [-0.2, -0.15) is 4.98 Å². The van der Waals surface area contributed by atoms with Crippen molar-refractivity contribution in [2.45, 2.75) is 26.3 Å². The van der Waals surface area contributed by atoms with Gasteiger partial charge in [-0.1, -0.05) is 34.5 Å². The lowest BCUT2D eigenvalue weighted by atomic mass is 10.1. The number of aromatic nitrogens is 2. The fourth-order valence-corrected chi connectivity index (χ4v) is 2.98. The number of ether oxygens (including phenoxy) is 1. The third-order valence-electron chi connectivity index (χ3n) is 4.39. The van der Waals surface area contributed by atoms with Gasteiger partial charge in [-0.25, -0.2) is 0 Å². The molecule has 0 fully saturated rings. The van der Waals surface area contributed by atoms with E-state index in [-0.39, 0.29) is 12.3 Å². The molecule has 146 valence electrons. The molecule has 2 aromatic carbocycles. The van der Waals surface area contributed by atoms with E-state index >= 15 is 0 Å². The first-order valence-electron chi connectivity index (χ1n) is 8.92. The van der Waals surface area contributed by atoms with Crippen LogP contribution in [0.4, 0.5) is 0 Å². The number of benzene rings is 2. The van der Waals surface area contributed by atoms with Gasteiger partial charge in [0.1, 0.15) is 5.75 Å². The topological polar surface area (TPSA) is 68.5 Å². The Balaban J connectivity index is 1.58. The average Bonchev–Trinajstić information content (AvgIpc) is 3.16. The van der Waals surface area contributed by atoms with Crippen LogP contribution in [-0.2, 0) is 17.8 Å². The molecule has 28 heavy (non-hydrogen) atoms. The van der Waals surface area contributed by atoms with Crippen molar-refractivity contribution < 1.29 is 14.1 Å². The number of methoxy groups -OCH3 is 1. The van der Waals surface area contributed by atoms with Crippen LogP contribution in [0.2, 0.25) is 5.02 Å². The molecule has 0 saturated heterocycles. The Morgan fingerprint density at radius 1 is 1.21 bits per heavy atom. The molecule has 0 bridgehead atoms. The molecule has 0 aliphatic carbocycles. The molecule has 0 radical (unpaired) electrons. The van der Waals surface area contributed by atoms with Gasteiger partial charge in [0, 0.05) is 42.6 Å². The summed E-state index contributed by atoms with van der Waals surface area (Å²) in [5, 5.41) is 4.61. The Morgan fingerprint density at radius 3 is 2.68 bits per heavy atom. The van der Waals surface area contributed by atoms with Crippen molar-refractivity contribution in [3.05, 3.63) is 64.5 Å². The molecule has 7 heteroatoms. The van der Waals surface area contributed by atoms with Gasteiger partial charge in [0.15, 0.2) is 0 Å². The molecule has 0 N–H and O–H groups in total. The zero-order valence-electron chi connectivity index (χ0n) is 16.1. The standard InChI is InChI=1S/C21H22ClN3O3/c1-14-4-9-18(27-3)16(12-14)13-25(2)20(26)11-10-19-23-21(24-28-19)15-5-7-17(22)8-6-15/h4-9,12H,10-11,13H2,1-3H3. The number of nitrogens with zero attached hydrogens (tertiary/aromatic N) is 3. The van der Waals surface area contributed by atoms with Crippen LogP contribution in [-0.4, -0.2) is 35.1 Å². The lowest BCUT2D eigenvalue weighted by Crippen LogP contribution is -2.26. The van der Waals surface area contributed by atoms with E-state index in [1.54, 1.807) is 31.2 Å². The maximum Gasteiger partial charge on any atom is 0.227 e. The first kappa shape index (κ1) is 19.9. The van der Waals surface area contributed by atoms with E-state index < -0.39 is 0 Å². The van der Waals surface area contributed by atoms with Gasteiger partial charge in [-0.15, -0.1) is 0 Å². The molecule has 0 aliphatic heterocycles. The zero-order valence-corrected chi connectivity index (χ0v) is 16.9. The second-order valence-corrected chi connectivity index (χ2v) is 7.02. The minimum absolute atomic E-state index is 0.00481. The van der Waals surface area contributed by atoms with Crippen molar-refractivity contribution in [3.8, 4) is 17.1 Å². The van der Waals surface area contributed by atoms with E-state index in [4.69, 9.17) is 20.9 Å². The predicted molar refractivity (Wildman–Crippen MR) is 107 cm³/mol. The molecule has 6 nitrogen and oxygen atoms in total. The summed E-state index contributed by atoms with van der Waals surface area (Å²) in [6, 6.07) is 13.1. The van der Waals surface area contributed by atoms with Crippen molar-refractivity contribution in [3.63, 3.8) is 0 Å². The summed E-state index contributed by atoms with van der Waals surface area (Å²) in [7, 11) is 3.40. The van der Waals surface area contributed by atoms with Gasteiger partial charge < -0.3 is 14.2 Å². The van der Waals surface area contributed by atoms with Crippen molar-refractivity contribution >= 4 is 17.5 Å². The molecule has 0 saturated carbocycles. The highest BCUT2D eigenvalue weighted by atomic mass is 35.5. The number of halogens is 1. The molecule has 1 aromatic heterocycles. The van der Waals surface area contributed by atoms with Crippen LogP contribution in [0.25, 0.3) is 11.4 Å². The van der Waals surface area contributed by atoms with Crippen LogP contribution in [0, 0.1) is 6.92 Å². The Labute approximate surface area is 169 Å². The number of aryl methyl sites for hydroxylation is 2. The van der Waals surface area contributed by atoms with Crippen LogP contribution in [0.15, 0.2) is 47.0 Å².